The number of piperidine rings is 1. The highest BCUT2D eigenvalue weighted by atomic mass is 35.5. The van der Waals surface area contributed by atoms with E-state index in [0.29, 0.717) is 75.1 Å². The summed E-state index contributed by atoms with van der Waals surface area (Å²) in [6.07, 6.45) is 2.50. The molecular weight excluding hydrogens is 845 g/mol. The van der Waals surface area contributed by atoms with E-state index in [1.54, 1.807) is 21.9 Å². The summed E-state index contributed by atoms with van der Waals surface area (Å²) in [4.78, 5) is 64.1. The molecule has 4 saturated heterocycles. The van der Waals surface area contributed by atoms with E-state index in [1.165, 1.54) is 48.4 Å². The van der Waals surface area contributed by atoms with E-state index in [1.807, 2.05) is 0 Å². The number of nitrogens with zero attached hydrogens (tertiary/aromatic N) is 8. The fraction of sp³-hybridized carbons (Fsp3) is 0.500. The third-order valence-corrected chi connectivity index (χ3v) is 13.0. The molecule has 0 aliphatic carbocycles. The minimum absolute atomic E-state index is 0.00483. The Hall–Kier alpha value is -5.57. The van der Waals surface area contributed by atoms with E-state index >= 15 is 0 Å². The maximum Gasteiger partial charge on any atom is 0.435 e. The molecule has 0 unspecified atom stereocenters. The van der Waals surface area contributed by atoms with Crippen molar-refractivity contribution in [2.24, 2.45) is 18.9 Å². The van der Waals surface area contributed by atoms with Crippen LogP contribution in [0.4, 0.5) is 24.5 Å². The lowest BCUT2D eigenvalue weighted by molar-refractivity contribution is -0.929. The van der Waals surface area contributed by atoms with Crippen molar-refractivity contribution in [1.82, 2.24) is 44.7 Å². The van der Waals surface area contributed by atoms with Crippen LogP contribution in [0.15, 0.2) is 48.9 Å². The van der Waals surface area contributed by atoms with Gasteiger partial charge in [0, 0.05) is 95.5 Å². The first-order valence-corrected chi connectivity index (χ1v) is 21.6. The molecule has 0 saturated carbocycles. The monoisotopic (exact) mass is 895 g/mol. The van der Waals surface area contributed by atoms with Crippen LogP contribution in [0.2, 0.25) is 5.02 Å². The second kappa shape index (κ2) is 18.3. The molecule has 0 radical (unpaired) electrons. The van der Waals surface area contributed by atoms with Gasteiger partial charge in [0.15, 0.2) is 23.9 Å². The Labute approximate surface area is 366 Å². The molecule has 3 amide bonds. The lowest BCUT2D eigenvalue weighted by atomic mass is 9.90. The largest absolute Gasteiger partial charge is 0.477 e. The molecule has 1 aromatic carbocycles. The van der Waals surface area contributed by atoms with Gasteiger partial charge in [-0.2, -0.15) is 18.3 Å². The van der Waals surface area contributed by atoms with Gasteiger partial charge in [-0.15, -0.1) is 0 Å². The molecule has 17 nitrogen and oxygen atoms in total. The average Bonchev–Trinajstić information content (AvgIpc) is 4.02. The van der Waals surface area contributed by atoms with Crippen LogP contribution in [-0.2, 0) is 22.8 Å². The van der Waals surface area contributed by atoms with Crippen LogP contribution in [0.5, 0.6) is 0 Å². The number of carboxylic acid groups (broad SMARTS) is 1. The van der Waals surface area contributed by atoms with Gasteiger partial charge in [0.05, 0.1) is 59.6 Å². The third-order valence-electron chi connectivity index (χ3n) is 12.7. The zero-order valence-electron chi connectivity index (χ0n) is 34.8. The first kappa shape index (κ1) is 44.1. The molecule has 7 heterocycles. The number of imidazole rings is 1. The van der Waals surface area contributed by atoms with E-state index in [4.69, 9.17) is 11.6 Å². The molecule has 4 aliphatic heterocycles. The number of halogens is 4. The summed E-state index contributed by atoms with van der Waals surface area (Å²) in [6, 6.07) is 8.03. The topological polar surface area (TPSA) is 192 Å². The SMILES string of the molecule is Cn1c(-c2cn(-c3ccc(NC[C@@H]4CCCN4)cn3)nc2C(F)(F)F)cnc1C(=O)Nc1ccc(C(=O)N2CCN(C(=O)C3CC[N+](CC(=O)O)(CC4CNC4)CC3)CC2)c(Cl)c1. The number of likely N-dealkylation sites (tertiary alicyclic amines) is 1. The van der Waals surface area contributed by atoms with Crippen molar-refractivity contribution in [3.63, 3.8) is 0 Å². The molecule has 3 aromatic heterocycles. The summed E-state index contributed by atoms with van der Waals surface area (Å²) in [5.74, 6) is -1.59. The zero-order valence-corrected chi connectivity index (χ0v) is 35.6. The Morgan fingerprint density at radius 2 is 1.70 bits per heavy atom. The Bertz CT molecular complexity index is 2330. The van der Waals surface area contributed by atoms with Gasteiger partial charge in [-0.05, 0) is 49.7 Å². The Kier molecular flexibility index (Phi) is 12.8. The Balaban J connectivity index is 0.865. The van der Waals surface area contributed by atoms with E-state index in [2.05, 4.69) is 36.3 Å². The van der Waals surface area contributed by atoms with Crippen molar-refractivity contribution in [3.05, 3.63) is 71.0 Å². The maximum atomic E-state index is 14.3. The predicted molar refractivity (Wildman–Crippen MR) is 226 cm³/mol. The average molecular weight is 896 g/mol. The highest BCUT2D eigenvalue weighted by molar-refractivity contribution is 6.34. The lowest BCUT2D eigenvalue weighted by Crippen LogP contribution is -2.62. The van der Waals surface area contributed by atoms with Gasteiger partial charge in [0.1, 0.15) is 0 Å². The standard InChI is InChI=1S/C42H50ClF3N12O5/c1-54-34(32-23-57(53-37(32)42(44,45)46)35-7-5-30(21-50-35)49-20-29-3-2-10-48-29)22-51-38(54)39(61)52-28-4-6-31(33(43)17-28)41(63)56-13-11-55(12-14-56)40(62)27-8-15-58(16-9-27,25-36(59)60)24-26-18-47-19-26/h4-7,17,21-23,26-27,29,47-49H,2-3,8-16,18-20,24-25H2,1H3,(H-,52,59,60,61,63)/p+1/t27?,29-,58?/m0/s1. The second-order valence-corrected chi connectivity index (χ2v) is 17.4. The summed E-state index contributed by atoms with van der Waals surface area (Å²) in [6.45, 7) is 6.93. The van der Waals surface area contributed by atoms with Crippen LogP contribution in [0.3, 0.4) is 0 Å². The van der Waals surface area contributed by atoms with Gasteiger partial charge in [0.2, 0.25) is 5.91 Å². The smallest absolute Gasteiger partial charge is 0.435 e. The van der Waals surface area contributed by atoms with Crippen LogP contribution < -0.4 is 21.3 Å². The van der Waals surface area contributed by atoms with Gasteiger partial charge in [-0.25, -0.2) is 19.4 Å². The molecular formula is C42H51ClF3N12O5+. The van der Waals surface area contributed by atoms with E-state index in [0.717, 1.165) is 49.4 Å². The quantitative estimate of drug-likeness (QED) is 0.123. The number of rotatable bonds is 13. The minimum Gasteiger partial charge on any atom is -0.477 e. The third kappa shape index (κ3) is 9.83. The number of carbonyl (C=O) groups is 4. The summed E-state index contributed by atoms with van der Waals surface area (Å²) >= 11 is 6.58. The molecule has 21 heteroatoms. The number of benzene rings is 1. The Morgan fingerprint density at radius 3 is 2.32 bits per heavy atom. The van der Waals surface area contributed by atoms with Crippen molar-refractivity contribution in [3.8, 4) is 17.1 Å². The van der Waals surface area contributed by atoms with E-state index < -0.39 is 23.7 Å². The molecule has 5 N–H and O–H groups in total. The number of aromatic nitrogens is 5. The molecule has 336 valence electrons. The number of nitrogens with one attached hydrogen (secondary N) is 4. The number of aliphatic carboxylic acids is 1. The Morgan fingerprint density at radius 1 is 0.968 bits per heavy atom. The number of quaternary nitrogens is 1. The summed E-state index contributed by atoms with van der Waals surface area (Å²) in [7, 11) is 1.42. The first-order chi connectivity index (χ1) is 30.2. The number of anilines is 2. The fourth-order valence-corrected chi connectivity index (χ4v) is 9.41. The first-order valence-electron chi connectivity index (χ1n) is 21.3. The van der Waals surface area contributed by atoms with Gasteiger partial charge in [-0.3, -0.25) is 14.4 Å². The van der Waals surface area contributed by atoms with Gasteiger partial charge in [0.25, 0.3) is 11.8 Å². The van der Waals surface area contributed by atoms with Crippen molar-refractivity contribution in [2.75, 3.05) is 89.2 Å². The van der Waals surface area contributed by atoms with Crippen LogP contribution in [0.25, 0.3) is 17.1 Å². The predicted octanol–water partition coefficient (Wildman–Crippen LogP) is 3.57. The molecule has 8 rings (SSSR count). The lowest BCUT2D eigenvalue weighted by Gasteiger charge is -2.46. The van der Waals surface area contributed by atoms with E-state index in [-0.39, 0.29) is 63.5 Å². The van der Waals surface area contributed by atoms with E-state index in [9.17, 15) is 37.5 Å². The molecule has 4 fully saturated rings. The highest BCUT2D eigenvalue weighted by Gasteiger charge is 2.43. The van der Waals surface area contributed by atoms with Crippen LogP contribution in [0.1, 0.15) is 52.4 Å². The zero-order chi connectivity index (χ0) is 44.5. The second-order valence-electron chi connectivity index (χ2n) is 17.0. The number of hydrogen-bond donors (Lipinski definition) is 5. The highest BCUT2D eigenvalue weighted by Crippen LogP contribution is 2.37. The molecule has 63 heavy (non-hydrogen) atoms. The van der Waals surface area contributed by atoms with Gasteiger partial charge >= 0.3 is 12.1 Å². The fourth-order valence-electron chi connectivity index (χ4n) is 9.15. The number of piperazine rings is 1. The van der Waals surface area contributed by atoms with Crippen LogP contribution in [0, 0.1) is 11.8 Å². The molecule has 0 bridgehead atoms. The normalized spacial score (nSPS) is 21.9. The number of alkyl halides is 3. The summed E-state index contributed by atoms with van der Waals surface area (Å²) in [5.41, 5.74) is -0.315. The van der Waals surface area contributed by atoms with Crippen molar-refractivity contribution in [1.29, 1.82) is 0 Å². The van der Waals surface area contributed by atoms with Gasteiger partial charge in [-0.1, -0.05) is 11.6 Å². The molecule has 4 aromatic rings. The number of amides is 3. The number of pyridine rings is 1. The minimum atomic E-state index is -4.83. The summed E-state index contributed by atoms with van der Waals surface area (Å²) in [5, 5.41) is 26.1. The number of carboxylic acids is 1. The van der Waals surface area contributed by atoms with Crippen LogP contribution >= 0.6 is 11.6 Å². The number of carbonyl (C=O) groups excluding carboxylic acids is 3. The molecule has 1 atom stereocenters. The van der Waals surface area contributed by atoms with Crippen molar-refractivity contribution in [2.45, 2.75) is 37.9 Å². The van der Waals surface area contributed by atoms with Crippen LogP contribution in [-0.4, -0.2) is 152 Å². The van der Waals surface area contributed by atoms with Crippen molar-refractivity contribution >= 4 is 46.7 Å². The maximum absolute atomic E-state index is 14.3. The number of hydrogen-bond acceptors (Lipinski definition) is 10. The molecule has 4 aliphatic rings. The van der Waals surface area contributed by atoms with Gasteiger partial charge < -0.3 is 45.2 Å². The molecule has 0 spiro atoms. The summed E-state index contributed by atoms with van der Waals surface area (Å²) < 4.78 is 45.8. The van der Waals surface area contributed by atoms with Crippen molar-refractivity contribution < 1.29 is 41.9 Å².